The highest BCUT2D eigenvalue weighted by Gasteiger charge is 2.26. The van der Waals surface area contributed by atoms with Crippen molar-refractivity contribution < 1.29 is 4.79 Å². The second kappa shape index (κ2) is 5.64. The number of hydrogen-bond donors (Lipinski definition) is 1. The van der Waals surface area contributed by atoms with E-state index in [4.69, 9.17) is 0 Å². The molecule has 1 aliphatic rings. The molecule has 0 fully saturated rings. The van der Waals surface area contributed by atoms with Crippen LogP contribution in [0.1, 0.15) is 43.0 Å². The summed E-state index contributed by atoms with van der Waals surface area (Å²) in [6, 6.07) is 12.3. The van der Waals surface area contributed by atoms with Gasteiger partial charge in [-0.15, -0.1) is 0 Å². The van der Waals surface area contributed by atoms with Gasteiger partial charge in [0.25, 0.3) is 5.91 Å². The number of rotatable bonds is 1. The number of halogens is 1. The van der Waals surface area contributed by atoms with E-state index in [0.717, 1.165) is 32.4 Å². The van der Waals surface area contributed by atoms with Gasteiger partial charge in [0.05, 0.1) is 0 Å². The number of anilines is 1. The van der Waals surface area contributed by atoms with Crippen LogP contribution in [0.3, 0.4) is 0 Å². The summed E-state index contributed by atoms with van der Waals surface area (Å²) in [6.45, 7) is 8.62. The van der Waals surface area contributed by atoms with Crippen molar-refractivity contribution >= 4 is 39.2 Å². The van der Waals surface area contributed by atoms with Crippen molar-refractivity contribution in [1.29, 1.82) is 0 Å². The van der Waals surface area contributed by atoms with E-state index >= 15 is 0 Å². The fourth-order valence-corrected chi connectivity index (χ4v) is 3.15. The molecule has 2 aromatic rings. The Labute approximate surface area is 145 Å². The van der Waals surface area contributed by atoms with Crippen molar-refractivity contribution in [3.63, 3.8) is 0 Å². The van der Waals surface area contributed by atoms with Gasteiger partial charge in [0.2, 0.25) is 0 Å². The molecule has 1 N–H and O–H groups in total. The molecule has 23 heavy (non-hydrogen) atoms. The molecule has 3 heteroatoms. The SMILES string of the molecule is Cc1c(Br)ccc2c1C(=Cc1ccc(C(C)(C)C)cc1)C(=O)N2. The van der Waals surface area contributed by atoms with Crippen LogP contribution in [0.5, 0.6) is 0 Å². The lowest BCUT2D eigenvalue weighted by atomic mass is 9.86. The zero-order valence-corrected chi connectivity index (χ0v) is 15.4. The minimum atomic E-state index is -0.0407. The van der Waals surface area contributed by atoms with Gasteiger partial charge in [-0.05, 0) is 47.2 Å². The molecule has 0 saturated heterocycles. The average Bonchev–Trinajstić information content (AvgIpc) is 2.80. The molecule has 2 nitrogen and oxygen atoms in total. The normalized spacial score (nSPS) is 15.7. The molecule has 0 spiro atoms. The summed E-state index contributed by atoms with van der Waals surface area (Å²) in [5.74, 6) is -0.0407. The van der Waals surface area contributed by atoms with E-state index < -0.39 is 0 Å². The van der Waals surface area contributed by atoms with Crippen molar-refractivity contribution in [2.45, 2.75) is 33.1 Å². The van der Waals surface area contributed by atoms with Crippen LogP contribution in [-0.2, 0) is 10.2 Å². The van der Waals surface area contributed by atoms with Gasteiger partial charge in [-0.3, -0.25) is 4.79 Å². The summed E-state index contributed by atoms with van der Waals surface area (Å²) in [7, 11) is 0. The second-order valence-electron chi connectivity index (χ2n) is 6.98. The highest BCUT2D eigenvalue weighted by Crippen LogP contribution is 2.38. The van der Waals surface area contributed by atoms with Crippen LogP contribution in [0.25, 0.3) is 11.6 Å². The number of carbonyl (C=O) groups is 1. The first-order valence-electron chi connectivity index (χ1n) is 7.70. The molecule has 0 atom stereocenters. The average molecular weight is 370 g/mol. The minimum Gasteiger partial charge on any atom is -0.321 e. The third-order valence-electron chi connectivity index (χ3n) is 4.25. The number of fused-ring (bicyclic) bond motifs is 1. The molecule has 1 amide bonds. The van der Waals surface area contributed by atoms with Crippen LogP contribution in [0.15, 0.2) is 40.9 Å². The molecule has 0 radical (unpaired) electrons. The smallest absolute Gasteiger partial charge is 0.256 e. The first-order chi connectivity index (χ1) is 10.8. The number of amides is 1. The quantitative estimate of drug-likeness (QED) is 0.656. The van der Waals surface area contributed by atoms with Gasteiger partial charge in [-0.1, -0.05) is 61.0 Å². The van der Waals surface area contributed by atoms with E-state index in [-0.39, 0.29) is 11.3 Å². The Kier molecular flexibility index (Phi) is 3.93. The zero-order valence-electron chi connectivity index (χ0n) is 13.8. The maximum absolute atomic E-state index is 12.3. The van der Waals surface area contributed by atoms with E-state index in [0.29, 0.717) is 0 Å². The van der Waals surface area contributed by atoms with Gasteiger partial charge in [-0.25, -0.2) is 0 Å². The molecule has 3 rings (SSSR count). The lowest BCUT2D eigenvalue weighted by Gasteiger charge is -2.18. The topological polar surface area (TPSA) is 29.1 Å². The number of carbonyl (C=O) groups excluding carboxylic acids is 1. The molecule has 1 heterocycles. The Balaban J connectivity index is 2.05. The van der Waals surface area contributed by atoms with Gasteiger partial charge in [-0.2, -0.15) is 0 Å². The van der Waals surface area contributed by atoms with Crippen LogP contribution in [0.2, 0.25) is 0 Å². The predicted octanol–water partition coefficient (Wildman–Crippen LogP) is 5.55. The summed E-state index contributed by atoms with van der Waals surface area (Å²) in [5, 5.41) is 2.94. The number of nitrogens with one attached hydrogen (secondary N) is 1. The van der Waals surface area contributed by atoms with Crippen molar-refractivity contribution in [2.75, 3.05) is 5.32 Å². The Morgan fingerprint density at radius 3 is 2.30 bits per heavy atom. The molecular weight excluding hydrogens is 350 g/mol. The second-order valence-corrected chi connectivity index (χ2v) is 7.83. The van der Waals surface area contributed by atoms with Crippen LogP contribution in [0, 0.1) is 6.92 Å². The minimum absolute atomic E-state index is 0.0407. The predicted molar refractivity (Wildman–Crippen MR) is 101 cm³/mol. The van der Waals surface area contributed by atoms with Crippen molar-refractivity contribution in [2.24, 2.45) is 0 Å². The fraction of sp³-hybridized carbons (Fsp3) is 0.250. The molecule has 1 aliphatic heterocycles. The Bertz CT molecular complexity index is 811. The van der Waals surface area contributed by atoms with E-state index in [1.165, 1.54) is 5.56 Å². The van der Waals surface area contributed by atoms with E-state index in [9.17, 15) is 4.79 Å². The van der Waals surface area contributed by atoms with Crippen LogP contribution in [0.4, 0.5) is 5.69 Å². The summed E-state index contributed by atoms with van der Waals surface area (Å²) in [6.07, 6.45) is 1.97. The largest absolute Gasteiger partial charge is 0.321 e. The van der Waals surface area contributed by atoms with E-state index in [2.05, 4.69) is 66.3 Å². The lowest BCUT2D eigenvalue weighted by molar-refractivity contribution is -0.110. The van der Waals surface area contributed by atoms with Crippen molar-refractivity contribution in [3.8, 4) is 0 Å². The maximum Gasteiger partial charge on any atom is 0.256 e. The molecule has 0 aliphatic carbocycles. The Morgan fingerprint density at radius 1 is 1.04 bits per heavy atom. The first kappa shape index (κ1) is 16.0. The molecular formula is C20H20BrNO. The zero-order chi connectivity index (χ0) is 16.8. The monoisotopic (exact) mass is 369 g/mol. The van der Waals surface area contributed by atoms with Crippen LogP contribution in [-0.4, -0.2) is 5.91 Å². The van der Waals surface area contributed by atoms with Crippen LogP contribution >= 0.6 is 15.9 Å². The lowest BCUT2D eigenvalue weighted by Crippen LogP contribution is -2.10. The summed E-state index contributed by atoms with van der Waals surface area (Å²) >= 11 is 3.55. The van der Waals surface area contributed by atoms with Crippen molar-refractivity contribution in [3.05, 3.63) is 63.1 Å². The van der Waals surface area contributed by atoms with Gasteiger partial charge in [0, 0.05) is 21.3 Å². The van der Waals surface area contributed by atoms with Gasteiger partial charge in [0.15, 0.2) is 0 Å². The molecule has 0 unspecified atom stereocenters. The molecule has 118 valence electrons. The molecule has 0 aromatic heterocycles. The molecule has 0 saturated carbocycles. The Hall–Kier alpha value is -1.87. The molecule has 2 aromatic carbocycles. The Morgan fingerprint density at radius 2 is 1.70 bits per heavy atom. The van der Waals surface area contributed by atoms with Gasteiger partial charge in [0.1, 0.15) is 0 Å². The fourth-order valence-electron chi connectivity index (χ4n) is 2.82. The standard InChI is InChI=1S/C20H20BrNO/c1-12-16(21)9-10-17-18(12)15(19(23)22-17)11-13-5-7-14(8-6-13)20(2,3)4/h5-11H,1-4H3,(H,22,23). The van der Waals surface area contributed by atoms with Gasteiger partial charge >= 0.3 is 0 Å². The van der Waals surface area contributed by atoms with Gasteiger partial charge < -0.3 is 5.32 Å². The highest BCUT2D eigenvalue weighted by atomic mass is 79.9. The third-order valence-corrected chi connectivity index (χ3v) is 5.11. The first-order valence-corrected chi connectivity index (χ1v) is 8.50. The molecule has 0 bridgehead atoms. The summed E-state index contributed by atoms with van der Waals surface area (Å²) < 4.78 is 1.02. The third kappa shape index (κ3) is 2.98. The van der Waals surface area contributed by atoms with E-state index in [1.54, 1.807) is 0 Å². The van der Waals surface area contributed by atoms with Crippen molar-refractivity contribution in [1.82, 2.24) is 0 Å². The summed E-state index contributed by atoms with van der Waals surface area (Å²) in [4.78, 5) is 12.3. The van der Waals surface area contributed by atoms with Crippen LogP contribution < -0.4 is 5.32 Å². The maximum atomic E-state index is 12.3. The number of benzene rings is 2. The van der Waals surface area contributed by atoms with E-state index in [1.807, 2.05) is 25.1 Å². The number of hydrogen-bond acceptors (Lipinski definition) is 1. The highest BCUT2D eigenvalue weighted by molar-refractivity contribution is 9.10. The summed E-state index contributed by atoms with van der Waals surface area (Å²) in [5.41, 5.74) is 6.13.